The molecule has 2 aromatic carbocycles. The van der Waals surface area contributed by atoms with Gasteiger partial charge in [-0.25, -0.2) is 0 Å². The number of rotatable bonds is 2. The van der Waals surface area contributed by atoms with Crippen LogP contribution in [0.5, 0.6) is 0 Å². The molecule has 3 aliphatic rings. The first-order chi connectivity index (χ1) is 13.9. The molecule has 7 heteroatoms. The Morgan fingerprint density at radius 3 is 2.21 bits per heavy atom. The number of carbonyl (C=O) groups excluding carboxylic acids is 2. The lowest BCUT2D eigenvalue weighted by Crippen LogP contribution is -2.63. The molecule has 2 aliphatic heterocycles. The van der Waals surface area contributed by atoms with E-state index < -0.39 is 11.1 Å². The fourth-order valence-electron chi connectivity index (χ4n) is 4.55. The third kappa shape index (κ3) is 3.17. The largest absolute Gasteiger partial charge is 0.362 e. The van der Waals surface area contributed by atoms with Crippen molar-refractivity contribution in [2.45, 2.75) is 36.8 Å². The van der Waals surface area contributed by atoms with Gasteiger partial charge >= 0.3 is 0 Å². The number of amides is 2. The predicted molar refractivity (Wildman–Crippen MR) is 113 cm³/mol. The van der Waals surface area contributed by atoms with Crippen LogP contribution in [-0.2, 0) is 10.2 Å². The van der Waals surface area contributed by atoms with Gasteiger partial charge in [0.15, 0.2) is 0 Å². The van der Waals surface area contributed by atoms with E-state index in [0.717, 1.165) is 24.1 Å². The third-order valence-corrected chi connectivity index (χ3v) is 6.90. The minimum atomic E-state index is -0.522. The number of anilines is 1. The van der Waals surface area contributed by atoms with Gasteiger partial charge in [0.25, 0.3) is 5.91 Å². The van der Waals surface area contributed by atoms with Gasteiger partial charge < -0.3 is 15.5 Å². The van der Waals surface area contributed by atoms with Crippen LogP contribution >= 0.6 is 23.2 Å². The molecular formula is C22H21Cl2N3O2. The molecule has 2 N–H and O–H groups in total. The molecule has 2 fully saturated rings. The molecule has 1 saturated carbocycles. The zero-order valence-electron chi connectivity index (χ0n) is 15.8. The van der Waals surface area contributed by atoms with E-state index in [1.54, 1.807) is 12.1 Å². The minimum absolute atomic E-state index is 0.124. The van der Waals surface area contributed by atoms with Gasteiger partial charge in [0.1, 0.15) is 5.66 Å². The Hall–Kier alpha value is -2.24. The van der Waals surface area contributed by atoms with Gasteiger partial charge in [-0.1, -0.05) is 35.3 Å². The first-order valence-electron chi connectivity index (χ1n) is 9.87. The topological polar surface area (TPSA) is 61.4 Å². The van der Waals surface area contributed by atoms with Crippen molar-refractivity contribution >= 4 is 40.7 Å². The number of halogens is 2. The molecule has 0 bridgehead atoms. The molecule has 1 spiro atoms. The Morgan fingerprint density at radius 2 is 1.55 bits per heavy atom. The summed E-state index contributed by atoms with van der Waals surface area (Å²) in [6.07, 6.45) is 3.06. The standard InChI is InChI=1S/C22H21Cl2N3O2/c23-15-3-1-14(2-4-15)21(7-8-21)20(29)27-11-9-22(10-12-27)25-18-6-5-16(24)13-17(18)19(28)26-22/h1-6,13,25H,7-12H2,(H,26,28). The van der Waals surface area contributed by atoms with Crippen molar-refractivity contribution in [3.63, 3.8) is 0 Å². The zero-order chi connectivity index (χ0) is 20.2. The number of benzene rings is 2. The number of hydrogen-bond donors (Lipinski definition) is 2. The van der Waals surface area contributed by atoms with Crippen molar-refractivity contribution < 1.29 is 9.59 Å². The van der Waals surface area contributed by atoms with Crippen molar-refractivity contribution in [2.75, 3.05) is 18.4 Å². The fraction of sp³-hybridized carbons (Fsp3) is 0.364. The molecule has 0 aromatic heterocycles. The van der Waals surface area contributed by atoms with Crippen LogP contribution in [0.3, 0.4) is 0 Å². The van der Waals surface area contributed by atoms with Gasteiger partial charge in [-0.2, -0.15) is 0 Å². The van der Waals surface area contributed by atoms with Gasteiger partial charge in [0.2, 0.25) is 5.91 Å². The number of nitrogens with zero attached hydrogens (tertiary/aromatic N) is 1. The first-order valence-corrected chi connectivity index (χ1v) is 10.6. The second-order valence-electron chi connectivity index (χ2n) is 8.23. The summed E-state index contributed by atoms with van der Waals surface area (Å²) in [5.74, 6) is 0.0600. The van der Waals surface area contributed by atoms with E-state index in [0.29, 0.717) is 41.5 Å². The smallest absolute Gasteiger partial charge is 0.255 e. The fourth-order valence-corrected chi connectivity index (χ4v) is 4.85. The Labute approximate surface area is 179 Å². The molecule has 0 radical (unpaired) electrons. The molecule has 2 heterocycles. The SMILES string of the molecule is O=C1NC2(CCN(C(=O)C3(c4ccc(Cl)cc4)CC3)CC2)Nc2ccc(Cl)cc21. The van der Waals surface area contributed by atoms with E-state index in [-0.39, 0.29) is 11.8 Å². The van der Waals surface area contributed by atoms with E-state index >= 15 is 0 Å². The second kappa shape index (κ2) is 6.64. The molecule has 0 unspecified atom stereocenters. The van der Waals surface area contributed by atoms with Gasteiger partial charge in [0.05, 0.1) is 11.0 Å². The Bertz CT molecular complexity index is 994. The summed E-state index contributed by atoms with van der Waals surface area (Å²) in [6.45, 7) is 1.20. The third-order valence-electron chi connectivity index (χ3n) is 6.41. The number of fused-ring (bicyclic) bond motifs is 1. The Kier molecular flexibility index (Phi) is 4.30. The van der Waals surface area contributed by atoms with Crippen LogP contribution in [0.25, 0.3) is 0 Å². The minimum Gasteiger partial charge on any atom is -0.362 e. The molecule has 0 atom stereocenters. The quantitative estimate of drug-likeness (QED) is 0.751. The van der Waals surface area contributed by atoms with Crippen molar-refractivity contribution in [3.05, 3.63) is 63.6 Å². The van der Waals surface area contributed by atoms with E-state index in [2.05, 4.69) is 10.6 Å². The second-order valence-corrected chi connectivity index (χ2v) is 9.11. The molecular weight excluding hydrogens is 409 g/mol. The van der Waals surface area contributed by atoms with Gasteiger partial charge in [-0.05, 0) is 48.7 Å². The van der Waals surface area contributed by atoms with Crippen LogP contribution in [0.4, 0.5) is 5.69 Å². The molecule has 5 rings (SSSR count). The maximum atomic E-state index is 13.3. The van der Waals surface area contributed by atoms with Gasteiger partial charge in [-0.15, -0.1) is 0 Å². The van der Waals surface area contributed by atoms with Crippen molar-refractivity contribution in [3.8, 4) is 0 Å². The predicted octanol–water partition coefficient (Wildman–Crippen LogP) is 4.20. The van der Waals surface area contributed by atoms with Crippen LogP contribution in [0, 0.1) is 0 Å². The number of likely N-dealkylation sites (tertiary alicyclic amines) is 1. The Balaban J connectivity index is 1.31. The van der Waals surface area contributed by atoms with Crippen molar-refractivity contribution in [2.24, 2.45) is 0 Å². The lowest BCUT2D eigenvalue weighted by molar-refractivity contribution is -0.135. The molecule has 1 aliphatic carbocycles. The average molecular weight is 430 g/mol. The molecule has 29 heavy (non-hydrogen) atoms. The van der Waals surface area contributed by atoms with E-state index in [1.807, 2.05) is 35.2 Å². The summed E-state index contributed by atoms with van der Waals surface area (Å²) in [5, 5.41) is 7.80. The normalized spacial score (nSPS) is 21.2. The number of piperidine rings is 1. The highest BCUT2D eigenvalue weighted by Crippen LogP contribution is 2.50. The van der Waals surface area contributed by atoms with E-state index in [1.165, 1.54) is 0 Å². The van der Waals surface area contributed by atoms with Gasteiger partial charge in [0, 0.05) is 41.7 Å². The van der Waals surface area contributed by atoms with Crippen LogP contribution < -0.4 is 10.6 Å². The molecule has 150 valence electrons. The highest BCUT2D eigenvalue weighted by Gasteiger charge is 2.54. The zero-order valence-corrected chi connectivity index (χ0v) is 17.3. The van der Waals surface area contributed by atoms with E-state index in [4.69, 9.17) is 23.2 Å². The number of carbonyl (C=O) groups is 2. The Morgan fingerprint density at radius 1 is 0.897 bits per heavy atom. The molecule has 2 aromatic rings. The lowest BCUT2D eigenvalue weighted by atomic mass is 9.89. The average Bonchev–Trinajstić information content (AvgIpc) is 3.51. The number of hydrogen-bond acceptors (Lipinski definition) is 3. The maximum Gasteiger partial charge on any atom is 0.255 e. The van der Waals surface area contributed by atoms with E-state index in [9.17, 15) is 9.59 Å². The van der Waals surface area contributed by atoms with Crippen LogP contribution in [0.1, 0.15) is 41.6 Å². The highest BCUT2D eigenvalue weighted by molar-refractivity contribution is 6.31. The summed E-state index contributed by atoms with van der Waals surface area (Å²) in [7, 11) is 0. The molecule has 2 amide bonds. The summed E-state index contributed by atoms with van der Waals surface area (Å²) in [4.78, 5) is 27.9. The maximum absolute atomic E-state index is 13.3. The van der Waals surface area contributed by atoms with Crippen molar-refractivity contribution in [1.82, 2.24) is 10.2 Å². The van der Waals surface area contributed by atoms with Crippen LogP contribution in [0.15, 0.2) is 42.5 Å². The highest BCUT2D eigenvalue weighted by atomic mass is 35.5. The number of nitrogens with one attached hydrogen (secondary N) is 2. The lowest BCUT2D eigenvalue weighted by Gasteiger charge is -2.46. The van der Waals surface area contributed by atoms with Crippen LogP contribution in [-0.4, -0.2) is 35.5 Å². The van der Waals surface area contributed by atoms with Crippen LogP contribution in [0.2, 0.25) is 10.0 Å². The summed E-state index contributed by atoms with van der Waals surface area (Å²) < 4.78 is 0. The van der Waals surface area contributed by atoms with Gasteiger partial charge in [-0.3, -0.25) is 9.59 Å². The summed E-state index contributed by atoms with van der Waals surface area (Å²) in [6, 6.07) is 12.9. The molecule has 5 nitrogen and oxygen atoms in total. The summed E-state index contributed by atoms with van der Waals surface area (Å²) >= 11 is 12.0. The van der Waals surface area contributed by atoms with Crippen molar-refractivity contribution in [1.29, 1.82) is 0 Å². The first kappa shape index (κ1) is 18.8. The monoisotopic (exact) mass is 429 g/mol. The summed E-state index contributed by atoms with van der Waals surface area (Å²) in [5.41, 5.74) is 1.47. The molecule has 1 saturated heterocycles.